The zero-order valence-electron chi connectivity index (χ0n) is 10.8. The average Bonchev–Trinajstić information content (AvgIpc) is 2.76. The monoisotopic (exact) mass is 446 g/mol. The Hall–Kier alpha value is -0.550. The summed E-state index contributed by atoms with van der Waals surface area (Å²) in [6, 6.07) is 11.9. The van der Waals surface area contributed by atoms with E-state index in [2.05, 4.69) is 41.4 Å². The van der Waals surface area contributed by atoms with Crippen LogP contribution in [-0.4, -0.2) is 15.4 Å². The first kappa shape index (κ1) is 15.3. The van der Waals surface area contributed by atoms with Crippen molar-refractivity contribution in [1.82, 2.24) is 9.55 Å². The molecule has 0 bridgehead atoms. The van der Waals surface area contributed by atoms with Crippen LogP contribution in [0.5, 0.6) is 0 Å². The van der Waals surface area contributed by atoms with Crippen molar-refractivity contribution >= 4 is 66.1 Å². The number of fused-ring (bicyclic) bond motifs is 1. The van der Waals surface area contributed by atoms with Gasteiger partial charge in [-0.25, -0.2) is 4.98 Å². The fraction of sp³-hybridized carbons (Fsp3) is 0.133. The Morgan fingerprint density at radius 3 is 2.48 bits per heavy atom. The number of alkyl halides is 1. The number of imidazole rings is 1. The Labute approximate surface area is 149 Å². The fourth-order valence-electron chi connectivity index (χ4n) is 2.29. The predicted octanol–water partition coefficient (Wildman–Crippen LogP) is 5.99. The molecule has 1 aromatic heterocycles. The predicted molar refractivity (Wildman–Crippen MR) is 95.9 cm³/mol. The highest BCUT2D eigenvalue weighted by Crippen LogP contribution is 2.30. The van der Waals surface area contributed by atoms with Crippen LogP contribution in [0.1, 0.15) is 5.82 Å². The van der Waals surface area contributed by atoms with Crippen molar-refractivity contribution in [3.05, 3.63) is 56.2 Å². The van der Waals surface area contributed by atoms with Crippen LogP contribution in [0.4, 0.5) is 0 Å². The van der Waals surface area contributed by atoms with Crippen LogP contribution >= 0.6 is 55.1 Å². The van der Waals surface area contributed by atoms with E-state index in [0.29, 0.717) is 17.3 Å². The smallest absolute Gasteiger partial charge is 0.115 e. The van der Waals surface area contributed by atoms with E-state index in [9.17, 15) is 0 Å². The molecule has 6 heteroatoms. The van der Waals surface area contributed by atoms with Crippen molar-refractivity contribution in [1.29, 1.82) is 0 Å². The summed E-state index contributed by atoms with van der Waals surface area (Å²) in [7, 11) is 0. The molecule has 3 rings (SSSR count). The number of aryl methyl sites for hydroxylation is 1. The molecule has 0 radical (unpaired) electrons. The first-order valence-corrected chi connectivity index (χ1v) is 8.78. The van der Waals surface area contributed by atoms with Crippen LogP contribution < -0.4 is 0 Å². The molecule has 1 heterocycles. The molecule has 0 spiro atoms. The molecule has 0 atom stereocenters. The van der Waals surface area contributed by atoms with Gasteiger partial charge in [0.2, 0.25) is 0 Å². The molecule has 3 aromatic rings. The molecule has 108 valence electrons. The van der Waals surface area contributed by atoms with Crippen molar-refractivity contribution in [2.75, 3.05) is 5.88 Å². The number of rotatable bonds is 3. The van der Waals surface area contributed by atoms with E-state index in [1.165, 1.54) is 0 Å². The molecule has 0 unspecified atom stereocenters. The lowest BCUT2D eigenvalue weighted by atomic mass is 10.2. The van der Waals surface area contributed by atoms with Gasteiger partial charge >= 0.3 is 0 Å². The number of aromatic nitrogens is 2. The van der Waals surface area contributed by atoms with Gasteiger partial charge in [-0.05, 0) is 36.4 Å². The van der Waals surface area contributed by atoms with Gasteiger partial charge in [0.15, 0.2) is 0 Å². The van der Waals surface area contributed by atoms with Gasteiger partial charge in [-0.15, -0.1) is 11.6 Å². The van der Waals surface area contributed by atoms with E-state index in [1.807, 2.05) is 36.4 Å². The van der Waals surface area contributed by atoms with Crippen LogP contribution in [0.3, 0.4) is 0 Å². The highest BCUT2D eigenvalue weighted by molar-refractivity contribution is 9.10. The first-order valence-electron chi connectivity index (χ1n) is 6.28. The van der Waals surface area contributed by atoms with Crippen molar-refractivity contribution in [2.24, 2.45) is 0 Å². The standard InChI is InChI=1S/C15H10Br2Cl2N2/c16-9-1-3-13(11(19)7-9)21-14-4-2-10(17)8-12(14)20-15(21)5-6-18/h1-4,7-8H,5-6H2. The number of halogens is 4. The minimum absolute atomic E-state index is 0.513. The van der Waals surface area contributed by atoms with E-state index in [-0.39, 0.29) is 0 Å². The summed E-state index contributed by atoms with van der Waals surface area (Å²) in [4.78, 5) is 4.68. The minimum Gasteiger partial charge on any atom is -0.295 e. The Bertz CT molecular complexity index is 815. The molecule has 0 aliphatic rings. The van der Waals surface area contributed by atoms with Gasteiger partial charge in [-0.1, -0.05) is 43.5 Å². The molecular weight excluding hydrogens is 439 g/mol. The van der Waals surface area contributed by atoms with Crippen LogP contribution in [-0.2, 0) is 6.42 Å². The van der Waals surface area contributed by atoms with Crippen LogP contribution in [0.2, 0.25) is 5.02 Å². The van der Waals surface area contributed by atoms with E-state index >= 15 is 0 Å². The summed E-state index contributed by atoms with van der Waals surface area (Å²) < 4.78 is 4.01. The zero-order valence-corrected chi connectivity index (χ0v) is 15.5. The molecule has 0 amide bonds. The molecule has 0 aliphatic carbocycles. The number of hydrogen-bond donors (Lipinski definition) is 0. The Morgan fingerprint density at radius 2 is 1.76 bits per heavy atom. The lowest BCUT2D eigenvalue weighted by Crippen LogP contribution is -2.02. The molecule has 2 nitrogen and oxygen atoms in total. The van der Waals surface area contributed by atoms with Crippen molar-refractivity contribution in [2.45, 2.75) is 6.42 Å². The van der Waals surface area contributed by atoms with Gasteiger partial charge in [0.05, 0.1) is 21.7 Å². The maximum atomic E-state index is 6.40. The fourth-order valence-corrected chi connectivity index (χ4v) is 3.56. The summed E-state index contributed by atoms with van der Waals surface area (Å²) in [5.74, 6) is 1.42. The van der Waals surface area contributed by atoms with E-state index in [4.69, 9.17) is 23.2 Å². The van der Waals surface area contributed by atoms with Gasteiger partial charge in [-0.2, -0.15) is 0 Å². The van der Waals surface area contributed by atoms with Gasteiger partial charge in [0.1, 0.15) is 5.82 Å². The number of benzene rings is 2. The van der Waals surface area contributed by atoms with E-state index in [1.54, 1.807) is 0 Å². The molecular formula is C15H10Br2Cl2N2. The summed E-state index contributed by atoms with van der Waals surface area (Å²) in [5.41, 5.74) is 2.84. The molecule has 0 saturated heterocycles. The molecule has 21 heavy (non-hydrogen) atoms. The van der Waals surface area contributed by atoms with Crippen molar-refractivity contribution < 1.29 is 0 Å². The van der Waals surface area contributed by atoms with Gasteiger partial charge < -0.3 is 0 Å². The van der Waals surface area contributed by atoms with Gasteiger partial charge in [0, 0.05) is 21.2 Å². The zero-order chi connectivity index (χ0) is 15.0. The summed E-state index contributed by atoms with van der Waals surface area (Å²) in [6.45, 7) is 0. The maximum absolute atomic E-state index is 6.40. The SMILES string of the molecule is ClCCc1nc2cc(Br)ccc2n1-c1ccc(Br)cc1Cl. The molecule has 0 fully saturated rings. The van der Waals surface area contributed by atoms with Crippen LogP contribution in [0, 0.1) is 0 Å². The van der Waals surface area contributed by atoms with E-state index in [0.717, 1.165) is 31.5 Å². The third-order valence-electron chi connectivity index (χ3n) is 3.15. The van der Waals surface area contributed by atoms with Gasteiger partial charge in [-0.3, -0.25) is 4.57 Å². The molecule has 0 aliphatic heterocycles. The highest BCUT2D eigenvalue weighted by Gasteiger charge is 2.14. The lowest BCUT2D eigenvalue weighted by molar-refractivity contribution is 0.912. The Kier molecular flexibility index (Phi) is 4.60. The number of nitrogens with zero attached hydrogens (tertiary/aromatic N) is 2. The number of hydrogen-bond acceptors (Lipinski definition) is 1. The second kappa shape index (κ2) is 6.29. The first-order chi connectivity index (χ1) is 10.1. The highest BCUT2D eigenvalue weighted by atomic mass is 79.9. The molecule has 0 N–H and O–H groups in total. The summed E-state index contributed by atoms with van der Waals surface area (Å²) in [6.07, 6.45) is 0.681. The van der Waals surface area contributed by atoms with E-state index < -0.39 is 0 Å². The van der Waals surface area contributed by atoms with Crippen LogP contribution in [0.15, 0.2) is 45.3 Å². The minimum atomic E-state index is 0.513. The van der Waals surface area contributed by atoms with Crippen molar-refractivity contribution in [3.63, 3.8) is 0 Å². The maximum Gasteiger partial charge on any atom is 0.115 e. The largest absolute Gasteiger partial charge is 0.295 e. The average molecular weight is 449 g/mol. The normalized spacial score (nSPS) is 11.2. The third-order valence-corrected chi connectivity index (χ3v) is 4.63. The summed E-state index contributed by atoms with van der Waals surface area (Å²) >= 11 is 19.2. The second-order valence-electron chi connectivity index (χ2n) is 4.53. The molecule has 2 aromatic carbocycles. The molecule has 0 saturated carbocycles. The second-order valence-corrected chi connectivity index (χ2v) is 7.15. The Balaban J connectivity index is 2.30. The van der Waals surface area contributed by atoms with Crippen LogP contribution in [0.25, 0.3) is 16.7 Å². The topological polar surface area (TPSA) is 17.8 Å². The van der Waals surface area contributed by atoms with Crippen molar-refractivity contribution in [3.8, 4) is 5.69 Å². The lowest BCUT2D eigenvalue weighted by Gasteiger charge is -2.11. The quantitative estimate of drug-likeness (QED) is 0.450. The third kappa shape index (κ3) is 3.00. The van der Waals surface area contributed by atoms with Gasteiger partial charge in [0.25, 0.3) is 0 Å². The summed E-state index contributed by atoms with van der Waals surface area (Å²) in [5, 5.41) is 0.669. The Morgan fingerprint density at radius 1 is 1.05 bits per heavy atom.